The second-order valence-corrected chi connectivity index (χ2v) is 7.66. The normalized spacial score (nSPS) is 18.7. The van der Waals surface area contributed by atoms with Crippen LogP contribution in [0.15, 0.2) is 48.5 Å². The van der Waals surface area contributed by atoms with Gasteiger partial charge in [0.25, 0.3) is 5.91 Å². The molecule has 1 heterocycles. The molecule has 0 spiro atoms. The maximum absolute atomic E-state index is 13.3. The summed E-state index contributed by atoms with van der Waals surface area (Å²) >= 11 is 0. The van der Waals surface area contributed by atoms with E-state index in [0.29, 0.717) is 13.2 Å². The first-order valence-corrected chi connectivity index (χ1v) is 9.63. The fourth-order valence-electron chi connectivity index (χ4n) is 3.83. The number of hydrogen-bond acceptors (Lipinski definition) is 3. The number of nitrogens with zero attached hydrogens (tertiary/aromatic N) is 1. The number of ether oxygens (including phenoxy) is 2. The first kappa shape index (κ1) is 19.4. The summed E-state index contributed by atoms with van der Waals surface area (Å²) in [5.41, 5.74) is 2.60. The smallest absolute Gasteiger partial charge is 0.254 e. The molecule has 4 nitrogen and oxygen atoms in total. The van der Waals surface area contributed by atoms with Crippen molar-refractivity contribution in [3.8, 4) is 16.9 Å². The number of hydrogen-bond donors (Lipinski definition) is 0. The van der Waals surface area contributed by atoms with Crippen LogP contribution in [0.1, 0.15) is 44.0 Å². The molecule has 2 aromatic rings. The lowest BCUT2D eigenvalue weighted by Gasteiger charge is -2.41. The van der Waals surface area contributed by atoms with Crippen LogP contribution in [0.25, 0.3) is 11.1 Å². The van der Waals surface area contributed by atoms with Crippen LogP contribution in [-0.4, -0.2) is 42.7 Å². The van der Waals surface area contributed by atoms with Crippen LogP contribution < -0.4 is 4.74 Å². The number of carbonyl (C=O) groups is 1. The van der Waals surface area contributed by atoms with Crippen LogP contribution in [0.5, 0.6) is 5.75 Å². The van der Waals surface area contributed by atoms with Crippen LogP contribution in [0.2, 0.25) is 0 Å². The molecule has 1 aliphatic rings. The Morgan fingerprint density at radius 1 is 1.19 bits per heavy atom. The van der Waals surface area contributed by atoms with Gasteiger partial charge in [-0.05, 0) is 69.0 Å². The highest BCUT2D eigenvalue weighted by atomic mass is 16.5. The van der Waals surface area contributed by atoms with E-state index in [2.05, 4.69) is 13.8 Å². The molecule has 1 amide bonds. The molecule has 0 unspecified atom stereocenters. The second-order valence-electron chi connectivity index (χ2n) is 7.66. The molecule has 1 fully saturated rings. The molecule has 2 aromatic carbocycles. The fraction of sp³-hybridized carbons (Fsp3) is 0.435. The quantitative estimate of drug-likeness (QED) is 0.763. The van der Waals surface area contributed by atoms with Gasteiger partial charge in [0.15, 0.2) is 0 Å². The van der Waals surface area contributed by atoms with Gasteiger partial charge in [0.2, 0.25) is 0 Å². The molecule has 0 aliphatic carbocycles. The molecule has 27 heavy (non-hydrogen) atoms. The van der Waals surface area contributed by atoms with E-state index in [9.17, 15) is 4.79 Å². The number of benzene rings is 2. The minimum Gasteiger partial charge on any atom is -0.497 e. The summed E-state index contributed by atoms with van der Waals surface area (Å²) in [6, 6.07) is 16.0. The monoisotopic (exact) mass is 367 g/mol. The van der Waals surface area contributed by atoms with Gasteiger partial charge in [-0.15, -0.1) is 0 Å². The van der Waals surface area contributed by atoms with E-state index in [1.54, 1.807) is 7.11 Å². The third kappa shape index (κ3) is 4.51. The second kappa shape index (κ2) is 8.13. The van der Waals surface area contributed by atoms with Crippen molar-refractivity contribution in [3.63, 3.8) is 0 Å². The fourth-order valence-corrected chi connectivity index (χ4v) is 3.83. The van der Waals surface area contributed by atoms with Crippen molar-refractivity contribution in [2.45, 2.75) is 45.3 Å². The van der Waals surface area contributed by atoms with Crippen LogP contribution in [0.4, 0.5) is 0 Å². The highest BCUT2D eigenvalue weighted by Gasteiger charge is 2.34. The van der Waals surface area contributed by atoms with Crippen LogP contribution in [0, 0.1) is 0 Å². The molecule has 0 bridgehead atoms. The van der Waals surface area contributed by atoms with E-state index in [1.807, 2.05) is 60.4 Å². The first-order valence-electron chi connectivity index (χ1n) is 9.63. The topological polar surface area (TPSA) is 38.8 Å². The summed E-state index contributed by atoms with van der Waals surface area (Å²) in [7, 11) is 1.66. The van der Waals surface area contributed by atoms with Gasteiger partial charge < -0.3 is 14.4 Å². The molecule has 144 valence electrons. The zero-order valence-corrected chi connectivity index (χ0v) is 16.7. The molecule has 1 aliphatic heterocycles. The summed E-state index contributed by atoms with van der Waals surface area (Å²) in [6.45, 7) is 7.64. The number of carbonyl (C=O) groups excluding carboxylic acids is 1. The van der Waals surface area contributed by atoms with Crippen molar-refractivity contribution in [1.82, 2.24) is 4.90 Å². The Balaban J connectivity index is 1.85. The highest BCUT2D eigenvalue weighted by molar-refractivity contribution is 5.95. The van der Waals surface area contributed by atoms with E-state index in [4.69, 9.17) is 9.47 Å². The van der Waals surface area contributed by atoms with Gasteiger partial charge in [0.1, 0.15) is 5.75 Å². The minimum absolute atomic E-state index is 0.0879. The lowest BCUT2D eigenvalue weighted by atomic mass is 9.92. The molecule has 1 saturated heterocycles. The third-order valence-electron chi connectivity index (χ3n) is 5.23. The summed E-state index contributed by atoms with van der Waals surface area (Å²) in [4.78, 5) is 15.2. The Labute approximate surface area is 162 Å². The number of amides is 1. The zero-order chi connectivity index (χ0) is 19.4. The van der Waals surface area contributed by atoms with Crippen molar-refractivity contribution in [2.75, 3.05) is 20.3 Å². The van der Waals surface area contributed by atoms with Crippen LogP contribution in [-0.2, 0) is 4.74 Å². The molecular weight excluding hydrogens is 338 g/mol. The van der Waals surface area contributed by atoms with Gasteiger partial charge in [-0.2, -0.15) is 0 Å². The highest BCUT2D eigenvalue weighted by Crippen LogP contribution is 2.29. The molecule has 3 rings (SSSR count). The number of methoxy groups -OCH3 is 1. The summed E-state index contributed by atoms with van der Waals surface area (Å²) in [5.74, 6) is 0.897. The molecule has 0 saturated carbocycles. The molecule has 0 aromatic heterocycles. The summed E-state index contributed by atoms with van der Waals surface area (Å²) in [6.07, 6.45) is 1.75. The van der Waals surface area contributed by atoms with Crippen molar-refractivity contribution in [2.24, 2.45) is 0 Å². The Morgan fingerprint density at radius 3 is 2.56 bits per heavy atom. The molecule has 0 N–H and O–H groups in total. The average molecular weight is 367 g/mol. The minimum atomic E-state index is -0.181. The number of rotatable bonds is 5. The summed E-state index contributed by atoms with van der Waals surface area (Å²) < 4.78 is 11.1. The third-order valence-corrected chi connectivity index (χ3v) is 5.23. The lowest BCUT2D eigenvalue weighted by molar-refractivity contribution is -0.0777. The van der Waals surface area contributed by atoms with Crippen molar-refractivity contribution >= 4 is 5.91 Å². The van der Waals surface area contributed by atoms with Gasteiger partial charge in [-0.25, -0.2) is 0 Å². The molecule has 1 atom stereocenters. The Hall–Kier alpha value is -2.33. The van der Waals surface area contributed by atoms with Crippen molar-refractivity contribution < 1.29 is 14.3 Å². The summed E-state index contributed by atoms with van der Waals surface area (Å²) in [5, 5.41) is 0. The SMILES string of the molecule is CCN(C(=O)c1cccc(-c2cccc(OC)c2)c1)[C@H]1CCOC(C)(C)C1. The largest absolute Gasteiger partial charge is 0.497 e. The van der Waals surface area contributed by atoms with Crippen LogP contribution >= 0.6 is 0 Å². The Morgan fingerprint density at radius 2 is 1.89 bits per heavy atom. The van der Waals surface area contributed by atoms with Gasteiger partial charge in [0, 0.05) is 24.8 Å². The lowest BCUT2D eigenvalue weighted by Crippen LogP contribution is -2.48. The predicted molar refractivity (Wildman–Crippen MR) is 108 cm³/mol. The van der Waals surface area contributed by atoms with Gasteiger partial charge in [-0.3, -0.25) is 4.79 Å². The zero-order valence-electron chi connectivity index (χ0n) is 16.7. The van der Waals surface area contributed by atoms with Gasteiger partial charge >= 0.3 is 0 Å². The Kier molecular flexibility index (Phi) is 5.85. The van der Waals surface area contributed by atoms with Crippen molar-refractivity contribution in [1.29, 1.82) is 0 Å². The Bertz CT molecular complexity index is 800. The first-order chi connectivity index (χ1) is 12.9. The van der Waals surface area contributed by atoms with Crippen molar-refractivity contribution in [3.05, 3.63) is 54.1 Å². The molecule has 4 heteroatoms. The van der Waals surface area contributed by atoms with Gasteiger partial charge in [-0.1, -0.05) is 24.3 Å². The average Bonchev–Trinajstić information content (AvgIpc) is 2.68. The van der Waals surface area contributed by atoms with Crippen LogP contribution in [0.3, 0.4) is 0 Å². The van der Waals surface area contributed by atoms with E-state index in [1.165, 1.54) is 0 Å². The standard InChI is InChI=1S/C23H29NO3/c1-5-24(20-12-13-27-23(2,3)16-20)22(25)19-10-6-8-17(14-19)18-9-7-11-21(15-18)26-4/h6-11,14-15,20H,5,12-13,16H2,1-4H3/t20-/m0/s1. The maximum Gasteiger partial charge on any atom is 0.254 e. The molecular formula is C23H29NO3. The van der Waals surface area contributed by atoms with E-state index >= 15 is 0 Å². The van der Waals surface area contributed by atoms with E-state index in [0.717, 1.165) is 35.3 Å². The maximum atomic E-state index is 13.3. The van der Waals surface area contributed by atoms with E-state index < -0.39 is 0 Å². The molecule has 0 radical (unpaired) electrons. The van der Waals surface area contributed by atoms with E-state index in [-0.39, 0.29) is 17.6 Å². The predicted octanol–water partition coefficient (Wildman–Crippen LogP) is 4.78. The van der Waals surface area contributed by atoms with Gasteiger partial charge in [0.05, 0.1) is 12.7 Å².